The number of aromatic nitrogens is 2. The first kappa shape index (κ1) is 19.6. The molecule has 146 valence electrons. The first-order chi connectivity index (χ1) is 13.2. The molecule has 2 aromatic carbocycles. The lowest BCUT2D eigenvalue weighted by Gasteiger charge is -2.15. The number of amides is 1. The summed E-state index contributed by atoms with van der Waals surface area (Å²) in [5, 5.41) is 3.96. The number of hydrogen-bond acceptors (Lipinski definition) is 6. The summed E-state index contributed by atoms with van der Waals surface area (Å²) in [5.74, 6) is 0.537. The lowest BCUT2D eigenvalue weighted by molar-refractivity contribution is 0.0769. The summed E-state index contributed by atoms with van der Waals surface area (Å²) in [6.07, 6.45) is 1.06. The fourth-order valence-corrected chi connectivity index (χ4v) is 3.09. The number of aryl methyl sites for hydroxylation is 1. The Balaban J connectivity index is 1.66. The number of carbonyl (C=O) groups excluding carboxylic acids is 1. The number of hydrogen-bond donors (Lipinski definition) is 1. The maximum absolute atomic E-state index is 12.6. The summed E-state index contributed by atoms with van der Waals surface area (Å²) in [6.45, 7) is 2.15. The number of rotatable bonds is 6. The lowest BCUT2D eigenvalue weighted by Crippen LogP contribution is -2.26. The summed E-state index contributed by atoms with van der Waals surface area (Å²) in [4.78, 5) is 18.3. The van der Waals surface area contributed by atoms with Crippen molar-refractivity contribution in [2.24, 2.45) is 0 Å². The average molecular weight is 400 g/mol. The molecule has 28 heavy (non-hydrogen) atoms. The van der Waals surface area contributed by atoms with E-state index in [1.54, 1.807) is 19.2 Å². The van der Waals surface area contributed by atoms with E-state index in [4.69, 9.17) is 4.52 Å². The monoisotopic (exact) mass is 400 g/mol. The predicted octanol–water partition coefficient (Wildman–Crippen LogP) is 2.69. The summed E-state index contributed by atoms with van der Waals surface area (Å²) < 4.78 is 30.1. The van der Waals surface area contributed by atoms with Crippen molar-refractivity contribution in [1.29, 1.82) is 0 Å². The second kappa shape index (κ2) is 7.81. The van der Waals surface area contributed by atoms with Gasteiger partial charge in [0.2, 0.25) is 21.7 Å². The maximum atomic E-state index is 12.6. The van der Waals surface area contributed by atoms with Crippen LogP contribution in [-0.4, -0.2) is 42.7 Å². The van der Waals surface area contributed by atoms with Crippen molar-refractivity contribution in [1.82, 2.24) is 15.0 Å². The van der Waals surface area contributed by atoms with Crippen molar-refractivity contribution < 1.29 is 17.7 Å². The van der Waals surface area contributed by atoms with Crippen LogP contribution >= 0.6 is 0 Å². The minimum absolute atomic E-state index is 0.154. The van der Waals surface area contributed by atoms with Gasteiger partial charge < -0.3 is 9.42 Å². The van der Waals surface area contributed by atoms with Crippen LogP contribution in [-0.2, 0) is 16.6 Å². The minimum Gasteiger partial charge on any atom is -0.337 e. The van der Waals surface area contributed by atoms with Crippen LogP contribution in [0.3, 0.4) is 0 Å². The smallest absolute Gasteiger partial charge is 0.254 e. The topological polar surface area (TPSA) is 105 Å². The molecule has 0 saturated heterocycles. The van der Waals surface area contributed by atoms with E-state index in [9.17, 15) is 13.2 Å². The molecule has 1 amide bonds. The number of benzene rings is 2. The van der Waals surface area contributed by atoms with Crippen molar-refractivity contribution in [3.63, 3.8) is 0 Å². The largest absolute Gasteiger partial charge is 0.337 e. The van der Waals surface area contributed by atoms with Crippen LogP contribution < -0.4 is 4.72 Å². The Labute approximate surface area is 163 Å². The van der Waals surface area contributed by atoms with Crippen LogP contribution in [0, 0.1) is 6.92 Å². The molecule has 1 N–H and O–H groups in total. The second-order valence-corrected chi connectivity index (χ2v) is 8.24. The molecule has 0 bridgehead atoms. The Kier molecular flexibility index (Phi) is 5.46. The Morgan fingerprint density at radius 2 is 1.75 bits per heavy atom. The van der Waals surface area contributed by atoms with Gasteiger partial charge in [0, 0.05) is 23.9 Å². The zero-order valence-corrected chi connectivity index (χ0v) is 16.5. The van der Waals surface area contributed by atoms with Crippen molar-refractivity contribution in [3.05, 3.63) is 65.5 Å². The summed E-state index contributed by atoms with van der Waals surface area (Å²) in [6, 6.07) is 13.9. The molecule has 1 heterocycles. The van der Waals surface area contributed by atoms with E-state index < -0.39 is 10.0 Å². The third-order valence-electron chi connectivity index (χ3n) is 3.93. The Morgan fingerprint density at radius 1 is 1.11 bits per heavy atom. The van der Waals surface area contributed by atoms with Gasteiger partial charge in [-0.25, -0.2) is 8.42 Å². The molecule has 0 aliphatic rings. The Bertz CT molecular complexity index is 1070. The highest BCUT2D eigenvalue weighted by atomic mass is 32.2. The lowest BCUT2D eigenvalue weighted by atomic mass is 10.1. The molecule has 0 spiro atoms. The van der Waals surface area contributed by atoms with Gasteiger partial charge in [-0.2, -0.15) is 4.98 Å². The number of nitrogens with zero attached hydrogens (tertiary/aromatic N) is 3. The molecule has 9 heteroatoms. The zero-order valence-electron chi connectivity index (χ0n) is 15.7. The molecular formula is C19H20N4O4S. The second-order valence-electron chi connectivity index (χ2n) is 6.49. The van der Waals surface area contributed by atoms with Gasteiger partial charge >= 0.3 is 0 Å². The minimum atomic E-state index is -3.36. The Morgan fingerprint density at radius 3 is 2.36 bits per heavy atom. The van der Waals surface area contributed by atoms with E-state index in [2.05, 4.69) is 14.9 Å². The fraction of sp³-hybridized carbons (Fsp3) is 0.211. The molecular weight excluding hydrogens is 380 g/mol. The molecule has 3 aromatic rings. The molecule has 1 aromatic heterocycles. The van der Waals surface area contributed by atoms with Crippen molar-refractivity contribution in [2.45, 2.75) is 13.5 Å². The SMILES string of the molecule is Cc1ccc(-c2noc(CN(C)C(=O)c3ccc(NS(C)(=O)=O)cc3)n2)cc1. The maximum Gasteiger partial charge on any atom is 0.254 e. The zero-order chi connectivity index (χ0) is 20.3. The molecule has 3 rings (SSSR count). The number of sulfonamides is 1. The van der Waals surface area contributed by atoms with E-state index >= 15 is 0 Å². The highest BCUT2D eigenvalue weighted by molar-refractivity contribution is 7.92. The van der Waals surface area contributed by atoms with E-state index in [-0.39, 0.29) is 12.5 Å². The van der Waals surface area contributed by atoms with Gasteiger partial charge in [-0.3, -0.25) is 9.52 Å². The predicted molar refractivity (Wildman–Crippen MR) is 105 cm³/mol. The average Bonchev–Trinajstić information content (AvgIpc) is 3.09. The normalized spacial score (nSPS) is 11.2. The highest BCUT2D eigenvalue weighted by Crippen LogP contribution is 2.18. The Hall–Kier alpha value is -3.20. The van der Waals surface area contributed by atoms with Crippen molar-refractivity contribution >= 4 is 21.6 Å². The van der Waals surface area contributed by atoms with Gasteiger partial charge in [0.05, 0.1) is 12.8 Å². The number of anilines is 1. The van der Waals surface area contributed by atoms with Gasteiger partial charge in [-0.05, 0) is 31.2 Å². The number of carbonyl (C=O) groups is 1. The fourth-order valence-electron chi connectivity index (χ4n) is 2.53. The number of nitrogens with one attached hydrogen (secondary N) is 1. The summed E-state index contributed by atoms with van der Waals surface area (Å²) in [5.41, 5.74) is 2.78. The molecule has 0 fully saturated rings. The molecule has 0 unspecified atom stereocenters. The van der Waals surface area contributed by atoms with Crippen LogP contribution in [0.4, 0.5) is 5.69 Å². The quantitative estimate of drug-likeness (QED) is 0.682. The van der Waals surface area contributed by atoms with Gasteiger partial charge in [0.1, 0.15) is 0 Å². The summed E-state index contributed by atoms with van der Waals surface area (Å²) in [7, 11) is -1.74. The van der Waals surface area contributed by atoms with Crippen molar-refractivity contribution in [3.8, 4) is 11.4 Å². The molecule has 0 aliphatic carbocycles. The van der Waals surface area contributed by atoms with E-state index in [1.807, 2.05) is 31.2 Å². The summed E-state index contributed by atoms with van der Waals surface area (Å²) >= 11 is 0. The van der Waals surface area contributed by atoms with E-state index in [0.717, 1.165) is 17.4 Å². The van der Waals surface area contributed by atoms with Crippen LogP contribution in [0.15, 0.2) is 53.1 Å². The molecule has 0 saturated carbocycles. The standard InChI is InChI=1S/C19H20N4O4S/c1-13-4-6-14(7-5-13)18-20-17(27-21-18)12-23(2)19(24)15-8-10-16(11-9-15)22-28(3,25)26/h4-11,22H,12H2,1-3H3. The van der Waals surface area contributed by atoms with E-state index in [0.29, 0.717) is 23.0 Å². The van der Waals surface area contributed by atoms with Gasteiger partial charge in [-0.1, -0.05) is 35.0 Å². The molecule has 0 aliphatic heterocycles. The first-order valence-electron chi connectivity index (χ1n) is 8.44. The van der Waals surface area contributed by atoms with Gasteiger partial charge in [0.15, 0.2) is 0 Å². The third-order valence-corrected chi connectivity index (χ3v) is 4.54. The van der Waals surface area contributed by atoms with Crippen LogP contribution in [0.25, 0.3) is 11.4 Å². The molecule has 0 radical (unpaired) electrons. The highest BCUT2D eigenvalue weighted by Gasteiger charge is 2.16. The molecule has 0 atom stereocenters. The van der Waals surface area contributed by atoms with Gasteiger partial charge in [0.25, 0.3) is 5.91 Å². The van der Waals surface area contributed by atoms with Crippen LogP contribution in [0.2, 0.25) is 0 Å². The van der Waals surface area contributed by atoms with Crippen LogP contribution in [0.5, 0.6) is 0 Å². The first-order valence-corrected chi connectivity index (χ1v) is 10.3. The van der Waals surface area contributed by atoms with Crippen molar-refractivity contribution in [2.75, 3.05) is 18.0 Å². The van der Waals surface area contributed by atoms with Gasteiger partial charge in [-0.15, -0.1) is 0 Å². The van der Waals surface area contributed by atoms with E-state index in [1.165, 1.54) is 17.0 Å². The van der Waals surface area contributed by atoms with Crippen LogP contribution in [0.1, 0.15) is 21.8 Å². The molecule has 8 nitrogen and oxygen atoms in total. The third kappa shape index (κ3) is 4.95.